The molecule has 2 aromatic carbocycles. The van der Waals surface area contributed by atoms with Gasteiger partial charge in [-0.2, -0.15) is 0 Å². The Labute approximate surface area is 192 Å². The molecule has 0 aromatic heterocycles. The van der Waals surface area contributed by atoms with Gasteiger partial charge in [-0.05, 0) is 55.3 Å². The number of likely N-dealkylation sites (tertiary alicyclic amines) is 1. The first-order valence-corrected chi connectivity index (χ1v) is 11.0. The van der Waals surface area contributed by atoms with Gasteiger partial charge in [0.15, 0.2) is 0 Å². The minimum absolute atomic E-state index is 0.0138. The van der Waals surface area contributed by atoms with Gasteiger partial charge < -0.3 is 24.2 Å². The van der Waals surface area contributed by atoms with Crippen LogP contribution in [0.3, 0.4) is 0 Å². The van der Waals surface area contributed by atoms with Crippen LogP contribution in [0, 0.1) is 5.92 Å². The summed E-state index contributed by atoms with van der Waals surface area (Å²) in [4.78, 5) is 25.8. The number of carbonyl (C=O) groups is 2. The second-order valence-corrected chi connectivity index (χ2v) is 8.37. The summed E-state index contributed by atoms with van der Waals surface area (Å²) >= 11 is 5.84. The number of hydrogen-bond acceptors (Lipinski definition) is 5. The zero-order chi connectivity index (χ0) is 23.1. The quantitative estimate of drug-likeness (QED) is 0.552. The van der Waals surface area contributed by atoms with Crippen LogP contribution in [-0.4, -0.2) is 54.3 Å². The van der Waals surface area contributed by atoms with Crippen molar-refractivity contribution in [1.82, 2.24) is 4.90 Å². The molecule has 0 saturated carbocycles. The summed E-state index contributed by atoms with van der Waals surface area (Å²) < 4.78 is 17.2. The SMILES string of the molecule is CC(C)C(=O)N1CCC[C@H](Oc2ccc(OCCOc3ccc(Cl)cc3)c(C(=O)O)c2)C1. The van der Waals surface area contributed by atoms with Gasteiger partial charge in [0.05, 0.1) is 6.54 Å². The van der Waals surface area contributed by atoms with Crippen molar-refractivity contribution < 1.29 is 28.9 Å². The summed E-state index contributed by atoms with van der Waals surface area (Å²) in [5.41, 5.74) is 0.0138. The van der Waals surface area contributed by atoms with Crippen molar-refractivity contribution in [3.63, 3.8) is 0 Å². The molecule has 0 bridgehead atoms. The number of halogens is 1. The number of hydrogen-bond donors (Lipinski definition) is 1. The predicted octanol–water partition coefficient (Wildman–Crippen LogP) is 4.52. The molecule has 1 fully saturated rings. The molecule has 1 atom stereocenters. The number of carbonyl (C=O) groups excluding carboxylic acids is 1. The highest BCUT2D eigenvalue weighted by Crippen LogP contribution is 2.27. The third kappa shape index (κ3) is 6.53. The summed E-state index contributed by atoms with van der Waals surface area (Å²) in [6, 6.07) is 11.7. The maximum atomic E-state index is 12.3. The zero-order valence-corrected chi connectivity index (χ0v) is 19.0. The number of carboxylic acid groups (broad SMARTS) is 1. The maximum Gasteiger partial charge on any atom is 0.339 e. The van der Waals surface area contributed by atoms with Gasteiger partial charge in [-0.1, -0.05) is 25.4 Å². The molecule has 3 rings (SSSR count). The van der Waals surface area contributed by atoms with Crippen LogP contribution in [0.15, 0.2) is 42.5 Å². The number of piperidine rings is 1. The average Bonchev–Trinajstić information content (AvgIpc) is 2.78. The van der Waals surface area contributed by atoms with E-state index in [0.29, 0.717) is 23.1 Å². The molecular weight excluding hydrogens is 434 g/mol. The molecule has 0 unspecified atom stereocenters. The number of nitrogens with zero attached hydrogens (tertiary/aromatic N) is 1. The highest BCUT2D eigenvalue weighted by atomic mass is 35.5. The van der Waals surface area contributed by atoms with Gasteiger partial charge in [0, 0.05) is 17.5 Å². The molecule has 0 radical (unpaired) electrons. The minimum Gasteiger partial charge on any atom is -0.490 e. The molecule has 32 heavy (non-hydrogen) atoms. The Bertz CT molecular complexity index is 931. The standard InChI is InChI=1S/C24H28ClNO6/c1-16(2)23(27)26-11-3-4-20(15-26)32-19-9-10-22(21(14-19)24(28)29)31-13-12-30-18-7-5-17(25)6-8-18/h5-10,14,16,20H,3-4,11-13,15H2,1-2H3,(H,28,29)/t20-/m0/s1. The van der Waals surface area contributed by atoms with Gasteiger partial charge in [0.25, 0.3) is 0 Å². The van der Waals surface area contributed by atoms with E-state index in [4.69, 9.17) is 25.8 Å². The number of rotatable bonds is 9. The first kappa shape index (κ1) is 23.7. The Balaban J connectivity index is 1.57. The summed E-state index contributed by atoms with van der Waals surface area (Å²) in [6.45, 7) is 5.41. The number of carboxylic acids is 1. The normalized spacial score (nSPS) is 16.0. The third-order valence-electron chi connectivity index (χ3n) is 5.09. The molecule has 1 amide bonds. The second kappa shape index (κ2) is 11.1. The average molecular weight is 462 g/mol. The van der Waals surface area contributed by atoms with Gasteiger partial charge in [0.2, 0.25) is 5.91 Å². The zero-order valence-electron chi connectivity index (χ0n) is 18.3. The van der Waals surface area contributed by atoms with Crippen LogP contribution in [-0.2, 0) is 4.79 Å². The van der Waals surface area contributed by atoms with Crippen molar-refractivity contribution >= 4 is 23.5 Å². The molecule has 1 N–H and O–H groups in total. The van der Waals surface area contributed by atoms with Crippen LogP contribution in [0.5, 0.6) is 17.2 Å². The number of benzene rings is 2. The van der Waals surface area contributed by atoms with E-state index in [0.717, 1.165) is 19.4 Å². The summed E-state index contributed by atoms with van der Waals surface area (Å²) in [6.07, 6.45) is 1.49. The van der Waals surface area contributed by atoms with E-state index in [1.807, 2.05) is 18.7 Å². The largest absolute Gasteiger partial charge is 0.490 e. The Morgan fingerprint density at radius 2 is 1.78 bits per heavy atom. The van der Waals surface area contributed by atoms with E-state index < -0.39 is 5.97 Å². The minimum atomic E-state index is -1.11. The van der Waals surface area contributed by atoms with E-state index in [-0.39, 0.29) is 42.5 Å². The molecule has 7 nitrogen and oxygen atoms in total. The molecule has 1 aliphatic rings. The van der Waals surface area contributed by atoms with Gasteiger partial charge in [-0.15, -0.1) is 0 Å². The maximum absolute atomic E-state index is 12.3. The van der Waals surface area contributed by atoms with E-state index in [2.05, 4.69) is 0 Å². The lowest BCUT2D eigenvalue weighted by atomic mass is 10.1. The fraction of sp³-hybridized carbons (Fsp3) is 0.417. The molecule has 8 heteroatoms. The molecule has 172 valence electrons. The van der Waals surface area contributed by atoms with Crippen molar-refractivity contribution in [1.29, 1.82) is 0 Å². The van der Waals surface area contributed by atoms with Crippen LogP contribution in [0.25, 0.3) is 0 Å². The lowest BCUT2D eigenvalue weighted by Crippen LogP contribution is -2.45. The first-order valence-electron chi connectivity index (χ1n) is 10.7. The lowest BCUT2D eigenvalue weighted by Gasteiger charge is -2.34. The van der Waals surface area contributed by atoms with Crippen LogP contribution in [0.2, 0.25) is 5.02 Å². The predicted molar refractivity (Wildman–Crippen MR) is 121 cm³/mol. The number of amides is 1. The Morgan fingerprint density at radius 3 is 2.47 bits per heavy atom. The smallest absolute Gasteiger partial charge is 0.339 e. The van der Waals surface area contributed by atoms with Crippen LogP contribution in [0.4, 0.5) is 0 Å². The molecular formula is C24H28ClNO6. The van der Waals surface area contributed by atoms with Crippen LogP contribution >= 0.6 is 11.6 Å². The van der Waals surface area contributed by atoms with E-state index in [1.165, 1.54) is 6.07 Å². The topological polar surface area (TPSA) is 85.3 Å². The highest BCUT2D eigenvalue weighted by molar-refractivity contribution is 6.30. The molecule has 2 aromatic rings. The molecule has 1 aliphatic heterocycles. The van der Waals surface area contributed by atoms with E-state index in [1.54, 1.807) is 36.4 Å². The van der Waals surface area contributed by atoms with Crippen molar-refractivity contribution in [2.75, 3.05) is 26.3 Å². The highest BCUT2D eigenvalue weighted by Gasteiger charge is 2.26. The monoisotopic (exact) mass is 461 g/mol. The number of ether oxygens (including phenoxy) is 3. The fourth-order valence-corrected chi connectivity index (χ4v) is 3.64. The van der Waals surface area contributed by atoms with Gasteiger partial charge >= 0.3 is 5.97 Å². The lowest BCUT2D eigenvalue weighted by molar-refractivity contribution is -0.137. The van der Waals surface area contributed by atoms with Gasteiger partial charge in [-0.25, -0.2) is 4.79 Å². The van der Waals surface area contributed by atoms with Crippen molar-refractivity contribution in [2.45, 2.75) is 32.8 Å². The molecule has 1 saturated heterocycles. The Hall–Kier alpha value is -2.93. The molecule has 0 spiro atoms. The van der Waals surface area contributed by atoms with Crippen molar-refractivity contribution in [3.05, 3.63) is 53.1 Å². The Kier molecular flexibility index (Phi) is 8.22. The van der Waals surface area contributed by atoms with Crippen molar-refractivity contribution in [2.24, 2.45) is 5.92 Å². The van der Waals surface area contributed by atoms with E-state index in [9.17, 15) is 14.7 Å². The number of aromatic carboxylic acids is 1. The Morgan fingerprint density at radius 1 is 1.09 bits per heavy atom. The third-order valence-corrected chi connectivity index (χ3v) is 5.34. The molecule has 0 aliphatic carbocycles. The first-order chi connectivity index (χ1) is 15.3. The van der Waals surface area contributed by atoms with E-state index >= 15 is 0 Å². The van der Waals surface area contributed by atoms with Crippen LogP contribution < -0.4 is 14.2 Å². The summed E-state index contributed by atoms with van der Waals surface area (Å²) in [7, 11) is 0. The van der Waals surface area contributed by atoms with Gasteiger partial charge in [-0.3, -0.25) is 4.79 Å². The van der Waals surface area contributed by atoms with Crippen LogP contribution in [0.1, 0.15) is 37.0 Å². The van der Waals surface area contributed by atoms with Crippen molar-refractivity contribution in [3.8, 4) is 17.2 Å². The molecule has 1 heterocycles. The summed E-state index contributed by atoms with van der Waals surface area (Å²) in [5, 5.41) is 10.2. The van der Waals surface area contributed by atoms with Gasteiger partial charge in [0.1, 0.15) is 42.1 Å². The second-order valence-electron chi connectivity index (χ2n) is 7.94. The fourth-order valence-electron chi connectivity index (χ4n) is 3.51. The summed E-state index contributed by atoms with van der Waals surface area (Å²) in [5.74, 6) is 0.268.